The Bertz CT molecular complexity index is 606. The number of fused-ring (bicyclic) bond motifs is 1. The second-order valence-corrected chi connectivity index (χ2v) is 5.12. The first-order chi connectivity index (χ1) is 9.67. The van der Waals surface area contributed by atoms with Gasteiger partial charge in [-0.2, -0.15) is 0 Å². The number of nitrogens with one attached hydrogen (secondary N) is 1. The summed E-state index contributed by atoms with van der Waals surface area (Å²) in [5, 5.41) is 2.89. The second-order valence-electron chi connectivity index (χ2n) is 4.86. The molecule has 20 heavy (non-hydrogen) atoms. The van der Waals surface area contributed by atoms with E-state index in [-0.39, 0.29) is 5.91 Å². The molecule has 0 bridgehead atoms. The fourth-order valence-electron chi connectivity index (χ4n) is 2.25. The van der Waals surface area contributed by atoms with Gasteiger partial charge in [-0.05, 0) is 25.0 Å². The molecule has 1 N–H and O–H groups in total. The lowest BCUT2D eigenvalue weighted by Gasteiger charge is -2.08. The first kappa shape index (κ1) is 14.9. The molecule has 0 atom stereocenters. The third-order valence-electron chi connectivity index (χ3n) is 3.31. The summed E-state index contributed by atoms with van der Waals surface area (Å²) in [6.45, 7) is 5.41. The standard InChI is InChI=1S/C15H20ClN3O/c1-3-8-17-14(20)7-9-19-12-6-4-5-11(2)15(12)18-13(19)10-16/h4-6H,3,7-10H2,1-2H3,(H,17,20). The summed E-state index contributed by atoms with van der Waals surface area (Å²) in [5.41, 5.74) is 3.14. The molecule has 1 aromatic carbocycles. The monoisotopic (exact) mass is 293 g/mol. The average Bonchev–Trinajstić information content (AvgIpc) is 2.82. The van der Waals surface area contributed by atoms with Crippen LogP contribution in [0.2, 0.25) is 0 Å². The van der Waals surface area contributed by atoms with E-state index in [1.807, 2.05) is 36.6 Å². The molecular formula is C15H20ClN3O. The summed E-state index contributed by atoms with van der Waals surface area (Å²) in [6.07, 6.45) is 1.40. The zero-order valence-electron chi connectivity index (χ0n) is 11.9. The SMILES string of the molecule is CCCNC(=O)CCn1c(CCl)nc2c(C)cccc21. The summed E-state index contributed by atoms with van der Waals surface area (Å²) in [5.74, 6) is 1.24. The van der Waals surface area contributed by atoms with E-state index in [1.54, 1.807) is 0 Å². The van der Waals surface area contributed by atoms with Crippen molar-refractivity contribution in [3.05, 3.63) is 29.6 Å². The van der Waals surface area contributed by atoms with Crippen molar-refractivity contribution in [1.82, 2.24) is 14.9 Å². The van der Waals surface area contributed by atoms with Gasteiger partial charge >= 0.3 is 0 Å². The van der Waals surface area contributed by atoms with Gasteiger partial charge in [-0.1, -0.05) is 19.1 Å². The van der Waals surface area contributed by atoms with E-state index in [4.69, 9.17) is 11.6 Å². The Morgan fingerprint density at radius 2 is 2.25 bits per heavy atom. The number of carbonyl (C=O) groups is 1. The van der Waals surface area contributed by atoms with Crippen molar-refractivity contribution in [3.8, 4) is 0 Å². The van der Waals surface area contributed by atoms with Crippen LogP contribution in [0.1, 0.15) is 31.2 Å². The maximum Gasteiger partial charge on any atom is 0.221 e. The molecule has 0 unspecified atom stereocenters. The third kappa shape index (κ3) is 3.12. The Labute approximate surface area is 124 Å². The predicted molar refractivity (Wildman–Crippen MR) is 81.9 cm³/mol. The predicted octanol–water partition coefficient (Wildman–Crippen LogP) is 3.00. The van der Waals surface area contributed by atoms with Gasteiger partial charge in [0.25, 0.3) is 0 Å². The van der Waals surface area contributed by atoms with Gasteiger partial charge < -0.3 is 9.88 Å². The fourth-order valence-corrected chi connectivity index (χ4v) is 2.46. The maximum absolute atomic E-state index is 11.7. The molecule has 0 spiro atoms. The normalized spacial score (nSPS) is 10.9. The molecule has 1 heterocycles. The van der Waals surface area contributed by atoms with Crippen LogP contribution in [-0.2, 0) is 17.2 Å². The van der Waals surface area contributed by atoms with E-state index >= 15 is 0 Å². The molecule has 0 fully saturated rings. The lowest BCUT2D eigenvalue weighted by atomic mass is 10.2. The van der Waals surface area contributed by atoms with Crippen LogP contribution >= 0.6 is 11.6 Å². The minimum absolute atomic E-state index is 0.0712. The number of imidazole rings is 1. The molecule has 0 saturated heterocycles. The number of alkyl halides is 1. The molecule has 1 amide bonds. The zero-order chi connectivity index (χ0) is 14.5. The first-order valence-electron chi connectivity index (χ1n) is 6.94. The largest absolute Gasteiger partial charge is 0.356 e. The van der Waals surface area contributed by atoms with Crippen LogP contribution in [-0.4, -0.2) is 22.0 Å². The van der Waals surface area contributed by atoms with Gasteiger partial charge in [0.05, 0.1) is 16.9 Å². The Morgan fingerprint density at radius 3 is 2.95 bits per heavy atom. The third-order valence-corrected chi connectivity index (χ3v) is 3.55. The van der Waals surface area contributed by atoms with Crippen LogP contribution in [0.25, 0.3) is 11.0 Å². The summed E-state index contributed by atoms with van der Waals surface area (Å²) in [6, 6.07) is 6.06. The molecular weight excluding hydrogens is 274 g/mol. The molecule has 1 aromatic heterocycles. The highest BCUT2D eigenvalue weighted by Crippen LogP contribution is 2.21. The van der Waals surface area contributed by atoms with Crippen molar-refractivity contribution in [1.29, 1.82) is 0 Å². The number of hydrogen-bond acceptors (Lipinski definition) is 2. The number of carbonyl (C=O) groups excluding carboxylic acids is 1. The lowest BCUT2D eigenvalue weighted by Crippen LogP contribution is -2.25. The Hall–Kier alpha value is -1.55. The molecule has 0 radical (unpaired) electrons. The molecule has 0 aliphatic rings. The molecule has 4 nitrogen and oxygen atoms in total. The van der Waals surface area contributed by atoms with Crippen LogP contribution in [0.5, 0.6) is 0 Å². The van der Waals surface area contributed by atoms with Crippen molar-refractivity contribution in [3.63, 3.8) is 0 Å². The highest BCUT2D eigenvalue weighted by molar-refractivity contribution is 6.16. The second kappa shape index (κ2) is 6.75. The summed E-state index contributed by atoms with van der Waals surface area (Å²) < 4.78 is 2.04. The lowest BCUT2D eigenvalue weighted by molar-refractivity contribution is -0.121. The Morgan fingerprint density at radius 1 is 1.45 bits per heavy atom. The van der Waals surface area contributed by atoms with Gasteiger partial charge in [-0.25, -0.2) is 4.98 Å². The first-order valence-corrected chi connectivity index (χ1v) is 7.48. The zero-order valence-corrected chi connectivity index (χ0v) is 12.7. The minimum Gasteiger partial charge on any atom is -0.356 e. The highest BCUT2D eigenvalue weighted by Gasteiger charge is 2.12. The van der Waals surface area contributed by atoms with Crippen molar-refractivity contribution in [2.45, 2.75) is 39.1 Å². The van der Waals surface area contributed by atoms with Crippen LogP contribution in [0.15, 0.2) is 18.2 Å². The number of para-hydroxylation sites is 1. The minimum atomic E-state index is 0.0712. The average molecular weight is 294 g/mol. The summed E-state index contributed by atoms with van der Waals surface area (Å²) in [4.78, 5) is 16.3. The van der Waals surface area contributed by atoms with E-state index in [9.17, 15) is 4.79 Å². The smallest absolute Gasteiger partial charge is 0.221 e. The number of hydrogen-bond donors (Lipinski definition) is 1. The van der Waals surface area contributed by atoms with Gasteiger partial charge in [-0.15, -0.1) is 11.6 Å². The summed E-state index contributed by atoms with van der Waals surface area (Å²) in [7, 11) is 0. The quantitative estimate of drug-likeness (QED) is 0.832. The van der Waals surface area contributed by atoms with Crippen LogP contribution in [0, 0.1) is 6.92 Å². The number of benzene rings is 1. The highest BCUT2D eigenvalue weighted by atomic mass is 35.5. The maximum atomic E-state index is 11.7. The topological polar surface area (TPSA) is 46.9 Å². The van der Waals surface area contributed by atoms with Crippen molar-refractivity contribution >= 4 is 28.5 Å². The van der Waals surface area contributed by atoms with Crippen molar-refractivity contribution in [2.24, 2.45) is 0 Å². The number of rotatable bonds is 6. The van der Waals surface area contributed by atoms with Gasteiger partial charge in [0.15, 0.2) is 0 Å². The number of amides is 1. The fraction of sp³-hybridized carbons (Fsp3) is 0.467. The van der Waals surface area contributed by atoms with Gasteiger partial charge in [0.2, 0.25) is 5.91 Å². The molecule has 2 aromatic rings. The number of aryl methyl sites for hydroxylation is 2. The molecule has 0 saturated carbocycles. The van der Waals surface area contributed by atoms with Gasteiger partial charge in [0.1, 0.15) is 5.82 Å². The van der Waals surface area contributed by atoms with Crippen LogP contribution < -0.4 is 5.32 Å². The van der Waals surface area contributed by atoms with Crippen molar-refractivity contribution < 1.29 is 4.79 Å². The van der Waals surface area contributed by atoms with Gasteiger partial charge in [0, 0.05) is 19.5 Å². The summed E-state index contributed by atoms with van der Waals surface area (Å²) >= 11 is 5.97. The number of nitrogens with zero attached hydrogens (tertiary/aromatic N) is 2. The molecule has 5 heteroatoms. The van der Waals surface area contributed by atoms with E-state index in [1.165, 1.54) is 0 Å². The van der Waals surface area contributed by atoms with E-state index < -0.39 is 0 Å². The number of halogens is 1. The number of aromatic nitrogens is 2. The van der Waals surface area contributed by atoms with E-state index in [2.05, 4.69) is 10.3 Å². The molecule has 108 valence electrons. The van der Waals surface area contributed by atoms with Crippen LogP contribution in [0.4, 0.5) is 0 Å². The van der Waals surface area contributed by atoms with Crippen molar-refractivity contribution in [2.75, 3.05) is 6.54 Å². The Kier molecular flexibility index (Phi) is 5.01. The van der Waals surface area contributed by atoms with Crippen LogP contribution in [0.3, 0.4) is 0 Å². The molecule has 0 aliphatic carbocycles. The van der Waals surface area contributed by atoms with E-state index in [0.717, 1.165) is 35.4 Å². The molecule has 0 aliphatic heterocycles. The van der Waals surface area contributed by atoms with Gasteiger partial charge in [-0.3, -0.25) is 4.79 Å². The Balaban J connectivity index is 2.20. The van der Waals surface area contributed by atoms with E-state index in [0.29, 0.717) is 18.8 Å². The molecule has 2 rings (SSSR count).